The highest BCUT2D eigenvalue weighted by atomic mass is 16.2. The normalized spacial score (nSPS) is 18.2. The molecule has 1 aliphatic rings. The van der Waals surface area contributed by atoms with Crippen LogP contribution < -0.4 is 10.2 Å². The van der Waals surface area contributed by atoms with Gasteiger partial charge in [0.15, 0.2) is 0 Å². The van der Waals surface area contributed by atoms with E-state index in [9.17, 15) is 4.79 Å². The van der Waals surface area contributed by atoms with Crippen molar-refractivity contribution < 1.29 is 4.79 Å². The van der Waals surface area contributed by atoms with E-state index in [2.05, 4.69) is 11.4 Å². The van der Waals surface area contributed by atoms with Crippen LogP contribution in [0.2, 0.25) is 0 Å². The number of aryl methyl sites for hydroxylation is 1. The maximum atomic E-state index is 11.7. The Kier molecular flexibility index (Phi) is 3.01. The van der Waals surface area contributed by atoms with Gasteiger partial charge in [0.2, 0.25) is 5.91 Å². The van der Waals surface area contributed by atoms with Crippen LogP contribution in [0.25, 0.3) is 0 Å². The average molecular weight is 229 g/mol. The average Bonchev–Trinajstić information content (AvgIpc) is 2.38. The number of hydrogen-bond donors (Lipinski definition) is 1. The first-order chi connectivity index (χ1) is 8.17. The molecule has 0 aliphatic carbocycles. The predicted octanol–water partition coefficient (Wildman–Crippen LogP) is 1.06. The van der Waals surface area contributed by atoms with E-state index < -0.39 is 0 Å². The molecule has 1 aliphatic heterocycles. The summed E-state index contributed by atoms with van der Waals surface area (Å²) in [5.74, 6) is 0.0440. The Morgan fingerprint density at radius 3 is 3.00 bits per heavy atom. The second-order valence-electron chi connectivity index (χ2n) is 4.23. The molecule has 4 nitrogen and oxygen atoms in total. The number of nitrogens with zero attached hydrogens (tertiary/aromatic N) is 2. The van der Waals surface area contributed by atoms with Crippen LogP contribution in [0.1, 0.15) is 17.5 Å². The van der Waals surface area contributed by atoms with Gasteiger partial charge in [-0.3, -0.25) is 4.79 Å². The molecule has 0 radical (unpaired) electrons. The van der Waals surface area contributed by atoms with E-state index >= 15 is 0 Å². The van der Waals surface area contributed by atoms with Crippen molar-refractivity contribution >= 4 is 11.6 Å². The van der Waals surface area contributed by atoms with Crippen LogP contribution in [0, 0.1) is 11.3 Å². The van der Waals surface area contributed by atoms with Gasteiger partial charge in [0.25, 0.3) is 0 Å². The minimum absolute atomic E-state index is 0.0440. The van der Waals surface area contributed by atoms with Crippen molar-refractivity contribution in [3.05, 3.63) is 29.3 Å². The summed E-state index contributed by atoms with van der Waals surface area (Å²) in [5.41, 5.74) is 2.87. The smallest absolute Gasteiger partial charge is 0.242 e. The summed E-state index contributed by atoms with van der Waals surface area (Å²) >= 11 is 0. The second kappa shape index (κ2) is 4.46. The molecule has 0 bridgehead atoms. The van der Waals surface area contributed by atoms with E-state index in [1.807, 2.05) is 24.1 Å². The highest BCUT2D eigenvalue weighted by molar-refractivity contribution is 5.86. The first-order valence-corrected chi connectivity index (χ1v) is 5.65. The zero-order valence-corrected chi connectivity index (χ0v) is 10.0. The van der Waals surface area contributed by atoms with Gasteiger partial charge in [0, 0.05) is 19.8 Å². The molecule has 0 aromatic heterocycles. The number of rotatable bonds is 1. The van der Waals surface area contributed by atoms with Crippen LogP contribution in [0.3, 0.4) is 0 Å². The number of carbonyl (C=O) groups is 1. The molecule has 1 unspecified atom stereocenters. The number of amides is 1. The second-order valence-corrected chi connectivity index (χ2v) is 4.23. The van der Waals surface area contributed by atoms with Crippen LogP contribution in [-0.2, 0) is 11.2 Å². The molecule has 88 valence electrons. The van der Waals surface area contributed by atoms with E-state index in [-0.39, 0.29) is 11.9 Å². The Morgan fingerprint density at radius 2 is 2.35 bits per heavy atom. The van der Waals surface area contributed by atoms with Crippen LogP contribution in [0.4, 0.5) is 5.69 Å². The molecule has 4 heteroatoms. The Morgan fingerprint density at radius 1 is 1.59 bits per heavy atom. The third kappa shape index (κ3) is 1.96. The maximum absolute atomic E-state index is 11.7. The molecule has 1 aromatic rings. The molecular weight excluding hydrogens is 214 g/mol. The molecule has 1 atom stereocenters. The zero-order chi connectivity index (χ0) is 12.4. The lowest BCUT2D eigenvalue weighted by Crippen LogP contribution is -2.46. The largest absolute Gasteiger partial charge is 0.362 e. The number of nitriles is 1. The van der Waals surface area contributed by atoms with Gasteiger partial charge in [-0.1, -0.05) is 0 Å². The van der Waals surface area contributed by atoms with Gasteiger partial charge in [-0.05, 0) is 36.6 Å². The van der Waals surface area contributed by atoms with Crippen molar-refractivity contribution in [3.63, 3.8) is 0 Å². The van der Waals surface area contributed by atoms with Crippen LogP contribution in [0.5, 0.6) is 0 Å². The summed E-state index contributed by atoms with van der Waals surface area (Å²) in [6.07, 6.45) is 1.63. The quantitative estimate of drug-likeness (QED) is 0.783. The number of benzene rings is 1. The standard InChI is InChI=1S/C13H15N3O/c1-15-13(17)12-6-4-10-7-9(8-14)3-5-11(10)16(12)2/h3,5,7,12H,4,6H2,1-2H3,(H,15,17). The van der Waals surface area contributed by atoms with Crippen LogP contribution in [-0.4, -0.2) is 26.0 Å². The molecule has 1 heterocycles. The number of nitrogens with one attached hydrogen (secondary N) is 1. The Hall–Kier alpha value is -2.02. The Labute approximate surface area is 101 Å². The first-order valence-electron chi connectivity index (χ1n) is 5.65. The minimum atomic E-state index is -0.111. The van der Waals surface area contributed by atoms with Gasteiger partial charge < -0.3 is 10.2 Å². The predicted molar refractivity (Wildman–Crippen MR) is 65.7 cm³/mol. The van der Waals surface area contributed by atoms with Crippen molar-refractivity contribution in [1.82, 2.24) is 5.32 Å². The van der Waals surface area contributed by atoms with Gasteiger partial charge in [-0.2, -0.15) is 5.26 Å². The third-order valence-corrected chi connectivity index (χ3v) is 3.29. The lowest BCUT2D eigenvalue weighted by atomic mass is 9.94. The molecule has 0 fully saturated rings. The number of carbonyl (C=O) groups excluding carboxylic acids is 1. The molecule has 1 N–H and O–H groups in total. The van der Waals surface area contributed by atoms with Crippen molar-refractivity contribution in [3.8, 4) is 6.07 Å². The number of anilines is 1. The molecule has 1 aromatic carbocycles. The fraction of sp³-hybridized carbons (Fsp3) is 0.385. The summed E-state index contributed by atoms with van der Waals surface area (Å²) in [6, 6.07) is 7.65. The monoisotopic (exact) mass is 229 g/mol. The molecule has 0 spiro atoms. The number of hydrogen-bond acceptors (Lipinski definition) is 3. The van der Waals surface area contributed by atoms with Gasteiger partial charge in [-0.15, -0.1) is 0 Å². The van der Waals surface area contributed by atoms with Gasteiger partial charge in [-0.25, -0.2) is 0 Å². The molecule has 1 amide bonds. The van der Waals surface area contributed by atoms with Crippen molar-refractivity contribution in [2.45, 2.75) is 18.9 Å². The third-order valence-electron chi connectivity index (χ3n) is 3.29. The van der Waals surface area contributed by atoms with Gasteiger partial charge in [0.1, 0.15) is 6.04 Å². The van der Waals surface area contributed by atoms with Crippen molar-refractivity contribution in [2.24, 2.45) is 0 Å². The molecule has 2 rings (SSSR count). The van der Waals surface area contributed by atoms with E-state index in [1.54, 1.807) is 13.1 Å². The Bertz CT molecular complexity index is 490. The van der Waals surface area contributed by atoms with E-state index in [0.717, 1.165) is 24.1 Å². The fourth-order valence-corrected chi connectivity index (χ4v) is 2.33. The van der Waals surface area contributed by atoms with Crippen LogP contribution >= 0.6 is 0 Å². The lowest BCUT2D eigenvalue weighted by Gasteiger charge is -2.34. The highest BCUT2D eigenvalue weighted by Crippen LogP contribution is 2.30. The number of likely N-dealkylation sites (N-methyl/N-ethyl adjacent to an activating group) is 2. The van der Waals surface area contributed by atoms with Gasteiger partial charge >= 0.3 is 0 Å². The summed E-state index contributed by atoms with van der Waals surface area (Å²) in [7, 11) is 3.58. The maximum Gasteiger partial charge on any atom is 0.242 e. The highest BCUT2D eigenvalue weighted by Gasteiger charge is 2.28. The molecule has 0 saturated carbocycles. The van der Waals surface area contributed by atoms with E-state index in [0.29, 0.717) is 5.56 Å². The summed E-state index contributed by atoms with van der Waals surface area (Å²) in [5, 5.41) is 11.5. The Balaban J connectivity index is 2.34. The molecule has 0 saturated heterocycles. The fourth-order valence-electron chi connectivity index (χ4n) is 2.33. The summed E-state index contributed by atoms with van der Waals surface area (Å²) in [6.45, 7) is 0. The van der Waals surface area contributed by atoms with Crippen molar-refractivity contribution in [2.75, 3.05) is 19.0 Å². The van der Waals surface area contributed by atoms with E-state index in [1.165, 1.54) is 0 Å². The summed E-state index contributed by atoms with van der Waals surface area (Å²) < 4.78 is 0. The SMILES string of the molecule is CNC(=O)C1CCc2cc(C#N)ccc2N1C. The molecular formula is C13H15N3O. The summed E-state index contributed by atoms with van der Waals surface area (Å²) in [4.78, 5) is 13.7. The van der Waals surface area contributed by atoms with Crippen LogP contribution in [0.15, 0.2) is 18.2 Å². The number of fused-ring (bicyclic) bond motifs is 1. The van der Waals surface area contributed by atoms with Crippen molar-refractivity contribution in [1.29, 1.82) is 5.26 Å². The lowest BCUT2D eigenvalue weighted by molar-refractivity contribution is -0.122. The topological polar surface area (TPSA) is 56.1 Å². The zero-order valence-electron chi connectivity index (χ0n) is 10.0. The van der Waals surface area contributed by atoms with Gasteiger partial charge in [0.05, 0.1) is 11.6 Å². The minimum Gasteiger partial charge on any atom is -0.362 e. The first kappa shape index (κ1) is 11.5. The van der Waals surface area contributed by atoms with E-state index in [4.69, 9.17) is 5.26 Å². The molecule has 17 heavy (non-hydrogen) atoms.